The van der Waals surface area contributed by atoms with Crippen molar-refractivity contribution in [3.8, 4) is 17.2 Å². The van der Waals surface area contributed by atoms with Crippen molar-refractivity contribution in [1.82, 2.24) is 15.5 Å². The van der Waals surface area contributed by atoms with E-state index in [1.807, 2.05) is 42.5 Å². The molecule has 0 saturated carbocycles. The van der Waals surface area contributed by atoms with Crippen LogP contribution in [0.2, 0.25) is 0 Å². The number of nitrogens with one attached hydrogen (secondary N) is 1. The number of pyridine rings is 1. The molecule has 3 heterocycles. The normalized spacial score (nSPS) is 15.7. The molecule has 0 amide bonds. The summed E-state index contributed by atoms with van der Waals surface area (Å²) < 4.78 is 10.9. The molecule has 2 aromatic heterocycles. The molecule has 0 aliphatic carbocycles. The number of para-hydroxylation sites is 1. The first kappa shape index (κ1) is 15.8. The molecule has 1 aromatic carbocycles. The van der Waals surface area contributed by atoms with Crippen LogP contribution >= 0.6 is 0 Å². The van der Waals surface area contributed by atoms with Gasteiger partial charge in [-0.2, -0.15) is 0 Å². The molecule has 3 aromatic rings. The predicted molar refractivity (Wildman–Crippen MR) is 91.9 cm³/mol. The van der Waals surface area contributed by atoms with Gasteiger partial charge in [0.25, 0.3) is 0 Å². The van der Waals surface area contributed by atoms with E-state index < -0.39 is 0 Å². The van der Waals surface area contributed by atoms with E-state index in [1.165, 1.54) is 0 Å². The molecule has 25 heavy (non-hydrogen) atoms. The Labute approximate surface area is 145 Å². The van der Waals surface area contributed by atoms with Crippen LogP contribution in [0.3, 0.4) is 0 Å². The summed E-state index contributed by atoms with van der Waals surface area (Å²) in [7, 11) is 0. The van der Waals surface area contributed by atoms with Gasteiger partial charge in [-0.25, -0.2) is 0 Å². The molecule has 0 atom stereocenters. The molecule has 6 nitrogen and oxygen atoms in total. The van der Waals surface area contributed by atoms with Gasteiger partial charge in [0, 0.05) is 30.8 Å². The number of nitrogens with zero attached hydrogens (tertiary/aromatic N) is 2. The third-order valence-electron chi connectivity index (χ3n) is 4.40. The van der Waals surface area contributed by atoms with Gasteiger partial charge in [-0.1, -0.05) is 29.4 Å². The lowest BCUT2D eigenvalue weighted by atomic mass is 9.90. The maximum absolute atomic E-state index is 9.91. The lowest BCUT2D eigenvalue weighted by Crippen LogP contribution is -2.61. The van der Waals surface area contributed by atoms with Crippen LogP contribution in [0.5, 0.6) is 5.75 Å². The summed E-state index contributed by atoms with van der Waals surface area (Å²) in [5.74, 6) is 0.955. The van der Waals surface area contributed by atoms with Crippen LogP contribution in [-0.2, 0) is 17.7 Å². The van der Waals surface area contributed by atoms with Crippen molar-refractivity contribution in [2.24, 2.45) is 0 Å². The number of aromatic hydroxyl groups is 1. The highest BCUT2D eigenvalue weighted by Crippen LogP contribution is 2.26. The molecule has 4 rings (SSSR count). The van der Waals surface area contributed by atoms with Crippen molar-refractivity contribution >= 4 is 0 Å². The minimum Gasteiger partial charge on any atom is -0.508 e. The van der Waals surface area contributed by atoms with Crippen LogP contribution in [0.1, 0.15) is 11.3 Å². The second-order valence-corrected chi connectivity index (χ2v) is 6.33. The third kappa shape index (κ3) is 3.40. The topological polar surface area (TPSA) is 80.4 Å². The number of rotatable bonds is 6. The first-order valence-electron chi connectivity index (χ1n) is 8.21. The molecule has 0 spiro atoms. The van der Waals surface area contributed by atoms with Gasteiger partial charge < -0.3 is 19.7 Å². The van der Waals surface area contributed by atoms with Gasteiger partial charge in [0.2, 0.25) is 0 Å². The maximum atomic E-state index is 9.91. The molecule has 128 valence electrons. The summed E-state index contributed by atoms with van der Waals surface area (Å²) in [4.78, 5) is 4.28. The number of phenols is 1. The summed E-state index contributed by atoms with van der Waals surface area (Å²) in [5.41, 5.74) is 2.29. The van der Waals surface area contributed by atoms with E-state index in [2.05, 4.69) is 15.5 Å². The van der Waals surface area contributed by atoms with Crippen molar-refractivity contribution in [2.75, 3.05) is 13.2 Å². The summed E-state index contributed by atoms with van der Waals surface area (Å²) in [6, 6.07) is 14.9. The highest BCUT2D eigenvalue weighted by atomic mass is 16.5. The van der Waals surface area contributed by atoms with Crippen LogP contribution in [0, 0.1) is 0 Å². The Bertz CT molecular complexity index is 844. The van der Waals surface area contributed by atoms with Crippen molar-refractivity contribution in [3.05, 3.63) is 66.0 Å². The van der Waals surface area contributed by atoms with E-state index in [9.17, 15) is 5.11 Å². The Hall–Kier alpha value is -2.70. The fourth-order valence-electron chi connectivity index (χ4n) is 2.93. The zero-order chi connectivity index (χ0) is 17.1. The molecule has 0 radical (unpaired) electrons. The Morgan fingerprint density at radius 1 is 1.12 bits per heavy atom. The quantitative estimate of drug-likeness (QED) is 0.719. The number of aromatic nitrogens is 2. The first-order chi connectivity index (χ1) is 12.2. The number of hydrogen-bond donors (Lipinski definition) is 2. The Kier molecular flexibility index (Phi) is 4.21. The first-order valence-corrected chi connectivity index (χ1v) is 8.21. The SMILES string of the molecule is Oc1ccccc1CNC1(Cc2cc(-c3ccccn3)on2)COC1. The minimum absolute atomic E-state index is 0.194. The number of benzene rings is 1. The largest absolute Gasteiger partial charge is 0.508 e. The Morgan fingerprint density at radius 2 is 1.96 bits per heavy atom. The van der Waals surface area contributed by atoms with Crippen LogP contribution in [0.4, 0.5) is 0 Å². The molecular formula is C19H19N3O3. The maximum Gasteiger partial charge on any atom is 0.185 e. The van der Waals surface area contributed by atoms with Crippen molar-refractivity contribution in [2.45, 2.75) is 18.5 Å². The summed E-state index contributed by atoms with van der Waals surface area (Å²) in [6.45, 7) is 1.78. The summed E-state index contributed by atoms with van der Waals surface area (Å²) in [5, 5.41) is 17.6. The average molecular weight is 337 g/mol. The van der Waals surface area contributed by atoms with Gasteiger partial charge in [0.15, 0.2) is 5.76 Å². The monoisotopic (exact) mass is 337 g/mol. The van der Waals surface area contributed by atoms with Gasteiger partial charge in [0.1, 0.15) is 11.4 Å². The van der Waals surface area contributed by atoms with Crippen molar-refractivity contribution in [3.63, 3.8) is 0 Å². The summed E-state index contributed by atoms with van der Waals surface area (Å²) >= 11 is 0. The standard InChI is InChI=1S/C19H19N3O3/c23-17-7-2-1-5-14(17)11-21-19(12-24-13-19)10-15-9-18(25-22-15)16-6-3-4-8-20-16/h1-9,21,23H,10-13H2. The van der Waals surface area contributed by atoms with Crippen LogP contribution in [0.15, 0.2) is 59.3 Å². The highest BCUT2D eigenvalue weighted by molar-refractivity contribution is 5.51. The number of ether oxygens (including phenoxy) is 1. The van der Waals surface area contributed by atoms with Gasteiger partial charge >= 0.3 is 0 Å². The van der Waals surface area contributed by atoms with Gasteiger partial charge in [-0.05, 0) is 18.2 Å². The lowest BCUT2D eigenvalue weighted by molar-refractivity contribution is -0.0756. The zero-order valence-corrected chi connectivity index (χ0v) is 13.7. The second kappa shape index (κ2) is 6.66. The fraction of sp³-hybridized carbons (Fsp3) is 0.263. The molecule has 1 saturated heterocycles. The molecule has 1 aliphatic heterocycles. The number of phenolic OH excluding ortho intramolecular Hbond substituents is 1. The highest BCUT2D eigenvalue weighted by Gasteiger charge is 2.39. The molecule has 1 aliphatic rings. The zero-order valence-electron chi connectivity index (χ0n) is 13.7. The van der Waals surface area contributed by atoms with Crippen LogP contribution in [0.25, 0.3) is 11.5 Å². The molecule has 2 N–H and O–H groups in total. The molecule has 0 bridgehead atoms. The van der Waals surface area contributed by atoms with E-state index in [1.54, 1.807) is 12.3 Å². The lowest BCUT2D eigenvalue weighted by Gasteiger charge is -2.42. The molecule has 6 heteroatoms. The molecule has 0 unspecified atom stereocenters. The number of hydrogen-bond acceptors (Lipinski definition) is 6. The average Bonchev–Trinajstić information content (AvgIpc) is 3.08. The van der Waals surface area contributed by atoms with E-state index >= 15 is 0 Å². The van der Waals surface area contributed by atoms with Crippen LogP contribution in [-0.4, -0.2) is 34.0 Å². The summed E-state index contributed by atoms with van der Waals surface area (Å²) in [6.07, 6.45) is 2.42. The second-order valence-electron chi connectivity index (χ2n) is 6.33. The smallest absolute Gasteiger partial charge is 0.185 e. The van der Waals surface area contributed by atoms with E-state index in [4.69, 9.17) is 9.26 Å². The minimum atomic E-state index is -0.194. The van der Waals surface area contributed by atoms with Gasteiger partial charge in [-0.15, -0.1) is 0 Å². The van der Waals surface area contributed by atoms with E-state index in [-0.39, 0.29) is 5.54 Å². The van der Waals surface area contributed by atoms with Gasteiger partial charge in [0.05, 0.1) is 24.4 Å². The molecule has 1 fully saturated rings. The molecular weight excluding hydrogens is 318 g/mol. The van der Waals surface area contributed by atoms with Gasteiger partial charge in [-0.3, -0.25) is 4.98 Å². The van der Waals surface area contributed by atoms with Crippen LogP contribution < -0.4 is 5.32 Å². The third-order valence-corrected chi connectivity index (χ3v) is 4.40. The predicted octanol–water partition coefficient (Wildman–Crippen LogP) is 2.54. The van der Waals surface area contributed by atoms with Crippen molar-refractivity contribution < 1.29 is 14.4 Å². The fourth-order valence-corrected chi connectivity index (χ4v) is 2.93. The Morgan fingerprint density at radius 3 is 2.68 bits per heavy atom. The van der Waals surface area contributed by atoms with E-state index in [0.29, 0.717) is 37.7 Å². The Balaban J connectivity index is 1.45. The van der Waals surface area contributed by atoms with E-state index in [0.717, 1.165) is 17.0 Å². The van der Waals surface area contributed by atoms with Crippen molar-refractivity contribution in [1.29, 1.82) is 0 Å².